The molecule has 2 heterocycles. The first-order valence-corrected chi connectivity index (χ1v) is 20.6. The van der Waals surface area contributed by atoms with Crippen LogP contribution in [0.15, 0.2) is 66.4 Å². The van der Waals surface area contributed by atoms with E-state index in [0.717, 1.165) is 45.0 Å². The zero-order valence-electron chi connectivity index (χ0n) is 28.0. The van der Waals surface area contributed by atoms with Crippen LogP contribution in [-0.4, -0.2) is 60.4 Å². The van der Waals surface area contributed by atoms with Gasteiger partial charge < -0.3 is 9.30 Å². The summed E-state index contributed by atoms with van der Waals surface area (Å²) in [6.07, 6.45) is 7.87. The number of allylic oxidation sites excluding steroid dienone is 3. The van der Waals surface area contributed by atoms with E-state index in [2.05, 4.69) is 48.2 Å². The van der Waals surface area contributed by atoms with Crippen LogP contribution in [-0.2, 0) is 27.0 Å². The summed E-state index contributed by atoms with van der Waals surface area (Å²) in [5.41, 5.74) is 4.78. The number of nitriles is 1. The molecule has 0 saturated heterocycles. The highest BCUT2D eigenvalue weighted by Crippen LogP contribution is 2.42. The Hall–Kier alpha value is -3.49. The first-order valence-electron chi connectivity index (χ1n) is 15.4. The molecule has 45 heavy (non-hydrogen) atoms. The smallest absolute Gasteiger partial charge is 0.248 e. The monoisotopic (exact) mass is 643 g/mol. The van der Waals surface area contributed by atoms with Gasteiger partial charge in [-0.25, -0.2) is 17.4 Å². The number of hydrogen-bond acceptors (Lipinski definition) is 6. The Kier molecular flexibility index (Phi) is 8.55. The molecule has 4 aromatic rings. The van der Waals surface area contributed by atoms with Crippen molar-refractivity contribution in [3.63, 3.8) is 0 Å². The number of ether oxygens (including phenoxy) is 1. The number of fused-ring (bicyclic) bond motifs is 2. The van der Waals surface area contributed by atoms with Crippen LogP contribution in [0.2, 0.25) is 25.7 Å². The predicted octanol–water partition coefficient (Wildman–Crippen LogP) is 7.15. The summed E-state index contributed by atoms with van der Waals surface area (Å²) in [4.78, 5) is 7.28. The molecule has 8 nitrogen and oxygen atoms in total. The minimum atomic E-state index is -3.80. The van der Waals surface area contributed by atoms with Gasteiger partial charge in [-0.05, 0) is 89.6 Å². The van der Waals surface area contributed by atoms with Crippen molar-refractivity contribution in [1.29, 1.82) is 5.26 Å². The number of aromatic nitrogens is 3. The highest BCUT2D eigenvalue weighted by Gasteiger charge is 2.42. The van der Waals surface area contributed by atoms with Crippen molar-refractivity contribution in [2.75, 3.05) is 20.7 Å². The number of hydrogen-bond donors (Lipinski definition) is 0. The molecule has 0 amide bonds. The lowest BCUT2D eigenvalue weighted by atomic mass is 9.86. The van der Waals surface area contributed by atoms with Crippen molar-refractivity contribution >= 4 is 40.0 Å². The molecule has 1 aliphatic carbocycles. The fraction of sp³-hybridized carbons (Fsp3) is 0.429. The highest BCUT2D eigenvalue weighted by molar-refractivity contribution is 7.91. The first kappa shape index (κ1) is 32.9. The van der Waals surface area contributed by atoms with Crippen LogP contribution in [0.25, 0.3) is 21.9 Å². The second-order valence-corrected chi connectivity index (χ2v) is 22.0. The Morgan fingerprint density at radius 1 is 1.16 bits per heavy atom. The van der Waals surface area contributed by atoms with E-state index in [9.17, 15) is 13.7 Å². The van der Waals surface area contributed by atoms with E-state index in [1.54, 1.807) is 19.2 Å². The second-order valence-electron chi connectivity index (χ2n) is 14.1. The molecule has 0 aliphatic heterocycles. The summed E-state index contributed by atoms with van der Waals surface area (Å²) in [6.45, 7) is 15.7. The molecule has 2 atom stereocenters. The SMILES string of the molecule is CC1=CC(C)(S(=O)(=O)n2ccc3c(C(C)(c4nc5ccc(C#N)cc5n4COCC[Si](C)(C)C)N(C)C)ccc(C)c32)CC=C1. The summed E-state index contributed by atoms with van der Waals surface area (Å²) >= 11 is 0. The lowest BCUT2D eigenvalue weighted by molar-refractivity contribution is 0.0803. The summed E-state index contributed by atoms with van der Waals surface area (Å²) in [6, 6.07) is 14.8. The lowest BCUT2D eigenvalue weighted by Gasteiger charge is -2.37. The van der Waals surface area contributed by atoms with Crippen LogP contribution in [0, 0.1) is 18.3 Å². The molecule has 2 aromatic carbocycles. The molecule has 238 valence electrons. The van der Waals surface area contributed by atoms with Crippen molar-refractivity contribution in [2.45, 2.75) is 76.8 Å². The first-order chi connectivity index (χ1) is 21.0. The molecule has 2 unspecified atom stereocenters. The summed E-state index contributed by atoms with van der Waals surface area (Å²) < 4.78 is 37.4. The quantitative estimate of drug-likeness (QED) is 0.135. The molecule has 0 saturated carbocycles. The average molecular weight is 644 g/mol. The van der Waals surface area contributed by atoms with Gasteiger partial charge in [0.2, 0.25) is 10.0 Å². The molecule has 0 spiro atoms. The molecule has 0 N–H and O–H groups in total. The van der Waals surface area contributed by atoms with Gasteiger partial charge in [-0.2, -0.15) is 5.26 Å². The van der Waals surface area contributed by atoms with Crippen LogP contribution < -0.4 is 0 Å². The number of rotatable bonds is 10. The molecule has 0 bridgehead atoms. The van der Waals surface area contributed by atoms with Crippen molar-refractivity contribution in [3.05, 3.63) is 88.9 Å². The third-order valence-electron chi connectivity index (χ3n) is 9.25. The second kappa shape index (κ2) is 11.7. The Morgan fingerprint density at radius 3 is 2.53 bits per heavy atom. The molecule has 0 radical (unpaired) electrons. The van der Waals surface area contributed by atoms with Crippen molar-refractivity contribution in [1.82, 2.24) is 18.4 Å². The molecular weight excluding hydrogens is 599 g/mol. The van der Waals surface area contributed by atoms with Gasteiger partial charge in [0.1, 0.15) is 22.8 Å². The van der Waals surface area contributed by atoms with Gasteiger partial charge in [0, 0.05) is 26.3 Å². The molecule has 5 rings (SSSR count). The van der Waals surface area contributed by atoms with Crippen molar-refractivity contribution in [2.24, 2.45) is 0 Å². The normalized spacial score (nSPS) is 18.8. The van der Waals surface area contributed by atoms with Gasteiger partial charge >= 0.3 is 0 Å². The Labute approximate surface area is 268 Å². The van der Waals surface area contributed by atoms with Crippen LogP contribution in [0.1, 0.15) is 49.7 Å². The molecule has 10 heteroatoms. The van der Waals surface area contributed by atoms with Crippen LogP contribution in [0.3, 0.4) is 0 Å². The van der Waals surface area contributed by atoms with E-state index < -0.39 is 28.4 Å². The van der Waals surface area contributed by atoms with Crippen molar-refractivity contribution < 1.29 is 13.2 Å². The van der Waals surface area contributed by atoms with E-state index in [0.29, 0.717) is 24.1 Å². The van der Waals surface area contributed by atoms with Crippen LogP contribution >= 0.6 is 0 Å². The third-order valence-corrected chi connectivity index (χ3v) is 13.2. The lowest BCUT2D eigenvalue weighted by Crippen LogP contribution is -2.42. The van der Waals surface area contributed by atoms with Crippen LogP contribution in [0.4, 0.5) is 0 Å². The molecule has 0 fully saturated rings. The van der Waals surface area contributed by atoms with Gasteiger partial charge in [0.25, 0.3) is 0 Å². The summed E-state index contributed by atoms with van der Waals surface area (Å²) in [5.74, 6) is 0.759. The molecular formula is C35H45N5O3SSi. The third kappa shape index (κ3) is 5.72. The number of imidazole rings is 1. The maximum Gasteiger partial charge on any atom is 0.248 e. The summed E-state index contributed by atoms with van der Waals surface area (Å²) in [7, 11) is -1.08. The number of aryl methyl sites for hydroxylation is 1. The molecule has 1 aliphatic rings. The van der Waals surface area contributed by atoms with Gasteiger partial charge in [-0.1, -0.05) is 55.6 Å². The van der Waals surface area contributed by atoms with Gasteiger partial charge in [-0.3, -0.25) is 4.90 Å². The predicted molar refractivity (Wildman–Crippen MR) is 186 cm³/mol. The number of benzene rings is 2. The fourth-order valence-corrected chi connectivity index (χ4v) is 8.83. The maximum atomic E-state index is 14.3. The minimum absolute atomic E-state index is 0.288. The van der Waals surface area contributed by atoms with E-state index in [1.165, 1.54) is 3.97 Å². The van der Waals surface area contributed by atoms with E-state index >= 15 is 0 Å². The van der Waals surface area contributed by atoms with Gasteiger partial charge in [0.05, 0.1) is 28.2 Å². The average Bonchev–Trinajstić information content (AvgIpc) is 3.57. The Balaban J connectivity index is 1.71. The van der Waals surface area contributed by atoms with E-state index in [1.807, 2.05) is 70.4 Å². The fourth-order valence-electron chi connectivity index (χ4n) is 6.28. The van der Waals surface area contributed by atoms with Crippen molar-refractivity contribution in [3.8, 4) is 6.07 Å². The summed E-state index contributed by atoms with van der Waals surface area (Å²) in [5, 5.41) is 10.5. The number of nitrogens with zero attached hydrogens (tertiary/aromatic N) is 5. The standard InChI is InChI=1S/C35H45N5O3SSi/c1-25-11-10-17-34(3,22-25)44(41,42)40-18-16-28-29(14-12-26(2)32(28)40)35(4,38(5)6)33-37-30-15-13-27(23-36)21-31(30)39(33)24-43-19-20-45(7,8)9/h10-16,18,21-22H,17,19-20,24H2,1-9H3. The maximum absolute atomic E-state index is 14.3. The minimum Gasteiger partial charge on any atom is -0.361 e. The topological polar surface area (TPSA) is 93.2 Å². The Morgan fingerprint density at radius 2 is 1.89 bits per heavy atom. The van der Waals surface area contributed by atoms with E-state index in [-0.39, 0.29) is 6.73 Å². The highest BCUT2D eigenvalue weighted by atomic mass is 32.2. The zero-order valence-corrected chi connectivity index (χ0v) is 29.8. The van der Waals surface area contributed by atoms with Crippen LogP contribution in [0.5, 0.6) is 0 Å². The largest absolute Gasteiger partial charge is 0.361 e. The Bertz CT molecular complexity index is 1990. The van der Waals surface area contributed by atoms with Gasteiger partial charge in [0.15, 0.2) is 0 Å². The molecule has 2 aromatic heterocycles. The zero-order chi connectivity index (χ0) is 32.9. The van der Waals surface area contributed by atoms with E-state index in [4.69, 9.17) is 9.72 Å². The van der Waals surface area contributed by atoms with Gasteiger partial charge in [-0.15, -0.1) is 0 Å².